The Bertz CT molecular complexity index is 1080. The summed E-state index contributed by atoms with van der Waals surface area (Å²) in [6, 6.07) is 11.7. The number of ketones is 1. The third-order valence-electron chi connectivity index (χ3n) is 4.95. The summed E-state index contributed by atoms with van der Waals surface area (Å²) in [5, 5.41) is 0.468. The number of likely N-dealkylation sites (tertiary alicyclic amines) is 1. The van der Waals surface area contributed by atoms with Gasteiger partial charge in [0.15, 0.2) is 0 Å². The van der Waals surface area contributed by atoms with Crippen LogP contribution in [0, 0.1) is 0 Å². The Kier molecular flexibility index (Phi) is 5.33. The van der Waals surface area contributed by atoms with Crippen molar-refractivity contribution in [1.82, 2.24) is 14.9 Å². The van der Waals surface area contributed by atoms with E-state index < -0.39 is 11.7 Å². The van der Waals surface area contributed by atoms with E-state index in [1.807, 2.05) is 30.3 Å². The number of nitrogens with zero attached hydrogens (tertiary/aromatic N) is 2. The summed E-state index contributed by atoms with van der Waals surface area (Å²) in [4.78, 5) is 34.2. The highest BCUT2D eigenvalue weighted by Gasteiger charge is 2.28. The van der Waals surface area contributed by atoms with Gasteiger partial charge in [0.25, 0.3) is 11.7 Å². The summed E-state index contributed by atoms with van der Waals surface area (Å²) in [5.74, 6) is -1.06. The minimum absolute atomic E-state index is 0.259. The van der Waals surface area contributed by atoms with Crippen molar-refractivity contribution in [3.63, 3.8) is 0 Å². The number of hydrogen-bond donors (Lipinski definition) is 1. The number of Topliss-reactive ketones (excluding diaryl/α,β-unsaturated/α-hetero) is 1. The van der Waals surface area contributed by atoms with Crippen LogP contribution in [-0.2, 0) is 4.79 Å². The zero-order valence-electron chi connectivity index (χ0n) is 14.9. The second kappa shape index (κ2) is 7.89. The molecule has 1 aliphatic rings. The molecule has 28 heavy (non-hydrogen) atoms. The molecule has 1 aromatic carbocycles. The highest BCUT2D eigenvalue weighted by molar-refractivity contribution is 9.15. The Balaban J connectivity index is 1.49. The van der Waals surface area contributed by atoms with Gasteiger partial charge >= 0.3 is 0 Å². The summed E-state index contributed by atoms with van der Waals surface area (Å²) in [5.41, 5.74) is 3.62. The summed E-state index contributed by atoms with van der Waals surface area (Å²) in [7, 11) is 0. The van der Waals surface area contributed by atoms with E-state index in [2.05, 4.69) is 25.9 Å². The molecule has 1 N–H and O–H groups in total. The molecule has 0 aliphatic carbocycles. The minimum atomic E-state index is -0.560. The van der Waals surface area contributed by atoms with Crippen LogP contribution in [-0.4, -0.2) is 39.6 Å². The number of H-pyrrole nitrogens is 1. The maximum Gasteiger partial charge on any atom is 0.295 e. The fourth-order valence-electron chi connectivity index (χ4n) is 3.41. The van der Waals surface area contributed by atoms with Gasteiger partial charge in [-0.15, -0.1) is 0 Å². The Morgan fingerprint density at radius 2 is 1.82 bits per heavy atom. The number of carbonyl (C=O) groups excluding carboxylic acids is 2. The van der Waals surface area contributed by atoms with Crippen molar-refractivity contribution in [2.24, 2.45) is 0 Å². The summed E-state index contributed by atoms with van der Waals surface area (Å²) in [6.07, 6.45) is 4.49. The van der Waals surface area contributed by atoms with Gasteiger partial charge in [-0.3, -0.25) is 14.6 Å². The number of aromatic nitrogens is 2. The molecule has 4 rings (SSSR count). The van der Waals surface area contributed by atoms with Gasteiger partial charge in [-0.05, 0) is 24.5 Å². The van der Waals surface area contributed by atoms with Gasteiger partial charge in [0.2, 0.25) is 0 Å². The highest BCUT2D eigenvalue weighted by Crippen LogP contribution is 2.31. The topological polar surface area (TPSA) is 66.1 Å². The zero-order chi connectivity index (χ0) is 19.7. The number of carbonyl (C=O) groups is 2. The second-order valence-corrected chi connectivity index (χ2v) is 7.82. The first-order valence-corrected chi connectivity index (χ1v) is 10.1. The number of aromatic amines is 1. The molecule has 0 bridgehead atoms. The molecule has 1 fully saturated rings. The van der Waals surface area contributed by atoms with E-state index in [9.17, 15) is 9.59 Å². The van der Waals surface area contributed by atoms with Crippen LogP contribution < -0.4 is 0 Å². The lowest BCUT2D eigenvalue weighted by Gasteiger charge is -2.28. The summed E-state index contributed by atoms with van der Waals surface area (Å²) in [6.45, 7) is 1.02. The number of halogens is 2. The van der Waals surface area contributed by atoms with E-state index in [-0.39, 0.29) is 5.56 Å². The molecular formula is C21H17BrClN3O2. The SMILES string of the molecule is O=C(C(=O)N1CCC(=C(Br)c2ccccc2)CC1)c1c[nH]c2c(Cl)ccnc12. The van der Waals surface area contributed by atoms with Gasteiger partial charge in [0.05, 0.1) is 16.1 Å². The van der Waals surface area contributed by atoms with Gasteiger partial charge in [0.1, 0.15) is 5.52 Å². The number of piperidine rings is 1. The molecule has 0 radical (unpaired) electrons. The van der Waals surface area contributed by atoms with Crippen LogP contribution in [0.4, 0.5) is 0 Å². The van der Waals surface area contributed by atoms with Crippen LogP contribution >= 0.6 is 27.5 Å². The molecule has 3 aromatic rings. The predicted octanol–water partition coefficient (Wildman–Crippen LogP) is 4.83. The lowest BCUT2D eigenvalue weighted by atomic mass is 10.00. The van der Waals surface area contributed by atoms with Crippen LogP contribution in [0.25, 0.3) is 15.5 Å². The van der Waals surface area contributed by atoms with Crippen molar-refractivity contribution >= 4 is 54.7 Å². The Morgan fingerprint density at radius 3 is 2.54 bits per heavy atom. The van der Waals surface area contributed by atoms with E-state index in [0.29, 0.717) is 29.1 Å². The van der Waals surface area contributed by atoms with Crippen molar-refractivity contribution in [2.75, 3.05) is 13.1 Å². The van der Waals surface area contributed by atoms with Crippen LogP contribution in [0.5, 0.6) is 0 Å². The largest absolute Gasteiger partial charge is 0.358 e. The number of pyridine rings is 1. The molecular weight excluding hydrogens is 442 g/mol. The Labute approximate surface area is 175 Å². The smallest absolute Gasteiger partial charge is 0.295 e. The first kappa shape index (κ1) is 18.9. The fourth-order valence-corrected chi connectivity index (χ4v) is 4.27. The van der Waals surface area contributed by atoms with E-state index in [1.165, 1.54) is 18.0 Å². The number of benzene rings is 1. The van der Waals surface area contributed by atoms with Gasteiger partial charge < -0.3 is 9.88 Å². The fraction of sp³-hybridized carbons (Fsp3) is 0.190. The van der Waals surface area contributed by atoms with Crippen molar-refractivity contribution in [1.29, 1.82) is 0 Å². The highest BCUT2D eigenvalue weighted by atomic mass is 79.9. The van der Waals surface area contributed by atoms with Crippen LogP contribution in [0.3, 0.4) is 0 Å². The lowest BCUT2D eigenvalue weighted by molar-refractivity contribution is -0.126. The van der Waals surface area contributed by atoms with E-state index in [1.54, 1.807) is 11.0 Å². The normalized spacial score (nSPS) is 14.4. The van der Waals surface area contributed by atoms with Crippen LogP contribution in [0.2, 0.25) is 5.02 Å². The Morgan fingerprint density at radius 1 is 1.11 bits per heavy atom. The molecule has 7 heteroatoms. The van der Waals surface area contributed by atoms with Gasteiger partial charge in [0, 0.05) is 30.0 Å². The van der Waals surface area contributed by atoms with E-state index in [4.69, 9.17) is 11.6 Å². The van der Waals surface area contributed by atoms with Gasteiger partial charge in [-0.25, -0.2) is 0 Å². The molecule has 1 amide bonds. The monoisotopic (exact) mass is 457 g/mol. The average molecular weight is 459 g/mol. The molecule has 1 saturated heterocycles. The molecule has 0 atom stereocenters. The predicted molar refractivity (Wildman–Crippen MR) is 114 cm³/mol. The maximum atomic E-state index is 12.8. The first-order chi connectivity index (χ1) is 13.6. The molecule has 0 spiro atoms. The zero-order valence-corrected chi connectivity index (χ0v) is 17.3. The van der Waals surface area contributed by atoms with Crippen molar-refractivity contribution in [3.05, 3.63) is 70.5 Å². The van der Waals surface area contributed by atoms with Crippen molar-refractivity contribution < 1.29 is 9.59 Å². The van der Waals surface area contributed by atoms with Gasteiger partial charge in [-0.2, -0.15) is 0 Å². The average Bonchev–Trinajstić information content (AvgIpc) is 3.18. The number of amides is 1. The van der Waals surface area contributed by atoms with E-state index in [0.717, 1.165) is 22.9 Å². The Hall–Kier alpha value is -2.44. The van der Waals surface area contributed by atoms with Gasteiger partial charge in [-0.1, -0.05) is 63.4 Å². The van der Waals surface area contributed by atoms with Crippen LogP contribution in [0.15, 0.2) is 54.4 Å². The number of fused-ring (bicyclic) bond motifs is 1. The molecule has 1 aliphatic heterocycles. The summed E-state index contributed by atoms with van der Waals surface area (Å²) < 4.78 is 1.07. The number of rotatable bonds is 3. The molecule has 142 valence electrons. The van der Waals surface area contributed by atoms with Crippen molar-refractivity contribution in [3.8, 4) is 0 Å². The lowest BCUT2D eigenvalue weighted by Crippen LogP contribution is -2.40. The third-order valence-corrected chi connectivity index (χ3v) is 6.28. The number of nitrogens with one attached hydrogen (secondary N) is 1. The minimum Gasteiger partial charge on any atom is -0.358 e. The first-order valence-electron chi connectivity index (χ1n) is 8.94. The molecule has 0 unspecified atom stereocenters. The molecule has 3 heterocycles. The maximum absolute atomic E-state index is 12.8. The molecule has 0 saturated carbocycles. The standard InChI is InChI=1S/C21H17BrClN3O2/c22-17(13-4-2-1-3-5-13)14-7-10-26(11-8-14)21(28)20(27)15-12-25-19-16(23)6-9-24-18(15)19/h1-6,9,12,25H,7-8,10-11H2. The molecule has 5 nitrogen and oxygen atoms in total. The van der Waals surface area contributed by atoms with Crippen LogP contribution in [0.1, 0.15) is 28.8 Å². The number of hydrogen-bond acceptors (Lipinski definition) is 3. The summed E-state index contributed by atoms with van der Waals surface area (Å²) >= 11 is 9.80. The molecule has 2 aromatic heterocycles. The van der Waals surface area contributed by atoms with Crippen molar-refractivity contribution in [2.45, 2.75) is 12.8 Å². The van der Waals surface area contributed by atoms with E-state index >= 15 is 0 Å². The third kappa shape index (κ3) is 3.50. The quantitative estimate of drug-likeness (QED) is 0.452. The second-order valence-electron chi connectivity index (χ2n) is 6.62.